The maximum atomic E-state index is 12.5. The SMILES string of the molecule is CCOc1cc(/C=N\NC(=O)c2cc(Br)ccc2OC)cc(I)c1OCc1ccc(Cl)cc1. The fourth-order valence-electron chi connectivity index (χ4n) is 2.88. The number of carbonyl (C=O) groups is 1. The predicted molar refractivity (Wildman–Crippen MR) is 142 cm³/mol. The molecule has 0 radical (unpaired) electrons. The standard InChI is InChI=1S/C24H21BrClIN2O4/c1-3-32-22-11-16(10-20(27)23(22)33-14-15-4-7-18(26)8-5-15)13-28-29-24(30)19-12-17(25)6-9-21(19)31-2/h4-13H,3,14H2,1-2H3,(H,29,30)/b28-13-. The zero-order valence-electron chi connectivity index (χ0n) is 17.9. The van der Waals surface area contributed by atoms with Gasteiger partial charge in [0.2, 0.25) is 0 Å². The number of nitrogens with one attached hydrogen (secondary N) is 1. The number of methoxy groups -OCH3 is 1. The molecule has 6 nitrogen and oxygen atoms in total. The van der Waals surface area contributed by atoms with E-state index in [-0.39, 0.29) is 5.91 Å². The summed E-state index contributed by atoms with van der Waals surface area (Å²) in [6, 6.07) is 16.4. The summed E-state index contributed by atoms with van der Waals surface area (Å²) < 4.78 is 18.7. The number of benzene rings is 3. The predicted octanol–water partition coefficient (Wildman–Crippen LogP) is 6.46. The maximum Gasteiger partial charge on any atom is 0.275 e. The average Bonchev–Trinajstić information content (AvgIpc) is 2.80. The number of halogens is 3. The third-order valence-corrected chi connectivity index (χ3v) is 5.96. The van der Waals surface area contributed by atoms with Crippen molar-refractivity contribution in [1.29, 1.82) is 0 Å². The van der Waals surface area contributed by atoms with E-state index in [1.54, 1.807) is 24.4 Å². The summed E-state index contributed by atoms with van der Waals surface area (Å²) in [4.78, 5) is 12.5. The van der Waals surface area contributed by atoms with Crippen LogP contribution in [0.25, 0.3) is 0 Å². The van der Waals surface area contributed by atoms with Gasteiger partial charge in [0, 0.05) is 9.50 Å². The molecule has 0 bridgehead atoms. The second-order valence-electron chi connectivity index (χ2n) is 6.72. The fraction of sp³-hybridized carbons (Fsp3) is 0.167. The van der Waals surface area contributed by atoms with Crippen LogP contribution in [-0.4, -0.2) is 25.8 Å². The van der Waals surface area contributed by atoms with Gasteiger partial charge in [-0.3, -0.25) is 4.79 Å². The molecule has 0 heterocycles. The van der Waals surface area contributed by atoms with Crippen molar-refractivity contribution in [2.75, 3.05) is 13.7 Å². The number of rotatable bonds is 9. The Bertz CT molecular complexity index is 1160. The summed E-state index contributed by atoms with van der Waals surface area (Å²) in [7, 11) is 1.51. The third-order valence-electron chi connectivity index (χ3n) is 4.41. The van der Waals surface area contributed by atoms with E-state index < -0.39 is 0 Å². The molecule has 1 amide bonds. The minimum Gasteiger partial charge on any atom is -0.496 e. The van der Waals surface area contributed by atoms with Crippen LogP contribution in [0.4, 0.5) is 0 Å². The van der Waals surface area contributed by atoms with E-state index in [0.29, 0.717) is 41.0 Å². The van der Waals surface area contributed by atoms with Gasteiger partial charge in [-0.15, -0.1) is 0 Å². The lowest BCUT2D eigenvalue weighted by Crippen LogP contribution is -2.18. The minimum atomic E-state index is -0.382. The molecule has 0 spiro atoms. The highest BCUT2D eigenvalue weighted by Gasteiger charge is 2.14. The van der Waals surface area contributed by atoms with Gasteiger partial charge in [-0.2, -0.15) is 5.10 Å². The first-order valence-electron chi connectivity index (χ1n) is 9.91. The van der Waals surface area contributed by atoms with Gasteiger partial charge in [-0.1, -0.05) is 39.7 Å². The number of nitrogens with zero attached hydrogens (tertiary/aromatic N) is 1. The van der Waals surface area contributed by atoms with E-state index in [2.05, 4.69) is 49.0 Å². The van der Waals surface area contributed by atoms with Crippen LogP contribution in [-0.2, 0) is 6.61 Å². The van der Waals surface area contributed by atoms with Crippen molar-refractivity contribution < 1.29 is 19.0 Å². The Morgan fingerprint density at radius 2 is 1.88 bits per heavy atom. The van der Waals surface area contributed by atoms with Crippen molar-refractivity contribution in [3.63, 3.8) is 0 Å². The number of amides is 1. The highest BCUT2D eigenvalue weighted by molar-refractivity contribution is 14.1. The van der Waals surface area contributed by atoms with E-state index in [4.69, 9.17) is 25.8 Å². The van der Waals surface area contributed by atoms with Crippen LogP contribution in [0.1, 0.15) is 28.4 Å². The van der Waals surface area contributed by atoms with Gasteiger partial charge in [0.05, 0.1) is 29.1 Å². The minimum absolute atomic E-state index is 0.375. The van der Waals surface area contributed by atoms with Crippen molar-refractivity contribution in [1.82, 2.24) is 5.43 Å². The van der Waals surface area contributed by atoms with E-state index >= 15 is 0 Å². The van der Waals surface area contributed by atoms with Gasteiger partial charge in [0.15, 0.2) is 11.5 Å². The molecule has 0 unspecified atom stereocenters. The van der Waals surface area contributed by atoms with Gasteiger partial charge >= 0.3 is 0 Å². The van der Waals surface area contributed by atoms with Crippen molar-refractivity contribution in [3.05, 3.63) is 84.4 Å². The Kier molecular flexibility index (Phi) is 9.40. The van der Waals surface area contributed by atoms with Crippen LogP contribution in [0.2, 0.25) is 5.02 Å². The molecule has 172 valence electrons. The van der Waals surface area contributed by atoms with Crippen molar-refractivity contribution >= 4 is 62.2 Å². The lowest BCUT2D eigenvalue weighted by molar-refractivity contribution is 0.0952. The molecule has 3 rings (SSSR count). The zero-order valence-corrected chi connectivity index (χ0v) is 22.4. The Hall–Kier alpha value is -2.30. The summed E-state index contributed by atoms with van der Waals surface area (Å²) in [5, 5.41) is 4.77. The van der Waals surface area contributed by atoms with Crippen LogP contribution in [0.5, 0.6) is 17.2 Å². The Labute approximate surface area is 219 Å². The molecule has 3 aromatic carbocycles. The van der Waals surface area contributed by atoms with E-state index in [1.807, 2.05) is 43.3 Å². The number of hydrogen-bond acceptors (Lipinski definition) is 5. The van der Waals surface area contributed by atoms with Gasteiger partial charge in [-0.25, -0.2) is 5.43 Å². The molecule has 9 heteroatoms. The fourth-order valence-corrected chi connectivity index (χ4v) is 4.15. The normalized spacial score (nSPS) is 10.8. The smallest absolute Gasteiger partial charge is 0.275 e. The van der Waals surface area contributed by atoms with Crippen molar-refractivity contribution in [2.45, 2.75) is 13.5 Å². The molecule has 0 saturated carbocycles. The molecule has 3 aromatic rings. The maximum absolute atomic E-state index is 12.5. The lowest BCUT2D eigenvalue weighted by atomic mass is 10.2. The van der Waals surface area contributed by atoms with Gasteiger partial charge in [-0.05, 0) is 83.1 Å². The van der Waals surface area contributed by atoms with E-state index in [1.165, 1.54) is 7.11 Å². The first kappa shape index (κ1) is 25.3. The quantitative estimate of drug-likeness (QED) is 0.165. The molecule has 0 aromatic heterocycles. The monoisotopic (exact) mass is 642 g/mol. The summed E-state index contributed by atoms with van der Waals surface area (Å²) >= 11 is 11.5. The molecule has 0 aliphatic carbocycles. The van der Waals surface area contributed by atoms with Crippen LogP contribution in [0.3, 0.4) is 0 Å². The van der Waals surface area contributed by atoms with E-state index in [0.717, 1.165) is 19.2 Å². The van der Waals surface area contributed by atoms with Gasteiger partial charge < -0.3 is 14.2 Å². The molecule has 0 saturated heterocycles. The number of ether oxygens (including phenoxy) is 3. The topological polar surface area (TPSA) is 69.2 Å². The summed E-state index contributed by atoms with van der Waals surface area (Å²) in [5.41, 5.74) is 4.65. The van der Waals surface area contributed by atoms with Crippen LogP contribution < -0.4 is 19.6 Å². The Balaban J connectivity index is 1.74. The van der Waals surface area contributed by atoms with Crippen LogP contribution in [0.15, 0.2) is 64.2 Å². The van der Waals surface area contributed by atoms with Crippen LogP contribution >= 0.6 is 50.1 Å². The van der Waals surface area contributed by atoms with Gasteiger partial charge in [0.25, 0.3) is 5.91 Å². The van der Waals surface area contributed by atoms with Crippen molar-refractivity contribution in [3.8, 4) is 17.2 Å². The first-order chi connectivity index (χ1) is 15.9. The van der Waals surface area contributed by atoms with Crippen LogP contribution in [0, 0.1) is 3.57 Å². The zero-order chi connectivity index (χ0) is 23.8. The second-order valence-corrected chi connectivity index (χ2v) is 9.24. The Morgan fingerprint density at radius 1 is 1.12 bits per heavy atom. The molecule has 0 aliphatic heterocycles. The number of hydrogen-bond donors (Lipinski definition) is 1. The number of hydrazone groups is 1. The molecule has 0 fully saturated rings. The third kappa shape index (κ3) is 7.09. The molecule has 33 heavy (non-hydrogen) atoms. The summed E-state index contributed by atoms with van der Waals surface area (Å²) in [6.45, 7) is 2.76. The van der Waals surface area contributed by atoms with E-state index in [9.17, 15) is 4.79 Å². The number of carbonyl (C=O) groups excluding carboxylic acids is 1. The molecular weight excluding hydrogens is 623 g/mol. The van der Waals surface area contributed by atoms with Gasteiger partial charge in [0.1, 0.15) is 12.4 Å². The second kappa shape index (κ2) is 12.2. The summed E-state index contributed by atoms with van der Waals surface area (Å²) in [6.07, 6.45) is 1.55. The highest BCUT2D eigenvalue weighted by atomic mass is 127. The lowest BCUT2D eigenvalue weighted by Gasteiger charge is -2.15. The Morgan fingerprint density at radius 3 is 2.58 bits per heavy atom. The average molecular weight is 644 g/mol. The molecule has 1 N–H and O–H groups in total. The largest absolute Gasteiger partial charge is 0.496 e. The highest BCUT2D eigenvalue weighted by Crippen LogP contribution is 2.34. The molecular formula is C24H21BrClIN2O4. The summed E-state index contributed by atoms with van der Waals surface area (Å²) in [5.74, 6) is 1.32. The molecule has 0 aliphatic rings. The van der Waals surface area contributed by atoms with Crippen molar-refractivity contribution in [2.24, 2.45) is 5.10 Å². The first-order valence-corrected chi connectivity index (χ1v) is 12.2. The molecule has 0 atom stereocenters.